The smallest absolute Gasteiger partial charge is 0.162 e. The lowest BCUT2D eigenvalue weighted by atomic mass is 10.1. The molecule has 0 spiro atoms. The van der Waals surface area contributed by atoms with E-state index in [1.807, 2.05) is 31.2 Å². The molecule has 1 aliphatic rings. The molecule has 1 atom stereocenters. The Morgan fingerprint density at radius 1 is 1.21 bits per heavy atom. The minimum absolute atomic E-state index is 0.113. The first kappa shape index (κ1) is 12.0. The van der Waals surface area contributed by atoms with Crippen LogP contribution >= 0.6 is 0 Å². The minimum Gasteiger partial charge on any atom is -0.486 e. The number of hydrogen-bond donors (Lipinski definition) is 1. The molecule has 0 saturated carbocycles. The molecule has 1 aromatic carbocycles. The van der Waals surface area contributed by atoms with Crippen molar-refractivity contribution in [2.24, 2.45) is 5.73 Å². The zero-order valence-electron chi connectivity index (χ0n) is 10.8. The molecule has 3 rings (SSSR count). The summed E-state index contributed by atoms with van der Waals surface area (Å²) in [6.07, 6.45) is 0.815. The molecule has 0 amide bonds. The van der Waals surface area contributed by atoms with E-state index in [2.05, 4.69) is 5.16 Å². The summed E-state index contributed by atoms with van der Waals surface area (Å²) in [5.41, 5.74) is 7.61. The van der Waals surface area contributed by atoms with Gasteiger partial charge in [0.1, 0.15) is 18.9 Å². The summed E-state index contributed by atoms with van der Waals surface area (Å²) in [5, 5.41) is 4.05. The van der Waals surface area contributed by atoms with Gasteiger partial charge in [-0.1, -0.05) is 12.1 Å². The number of nitrogens with zero attached hydrogens (tertiary/aromatic N) is 1. The largest absolute Gasteiger partial charge is 0.486 e. The Bertz CT molecular complexity index is 580. The van der Waals surface area contributed by atoms with Gasteiger partial charge in [-0.3, -0.25) is 0 Å². The molecule has 1 aliphatic heterocycles. The Morgan fingerprint density at radius 2 is 2.00 bits per heavy atom. The molecule has 0 aliphatic carbocycles. The fraction of sp³-hybridized carbons (Fsp3) is 0.357. The normalized spacial score (nSPS) is 15.3. The standard InChI is InChI=1S/C14H16N2O3/c1-2-10(15)13-8-11(16-19-13)9-3-4-12-14(7-9)18-6-5-17-12/h3-4,7-8,10H,2,5-6,15H2,1H3. The van der Waals surface area contributed by atoms with Crippen molar-refractivity contribution in [3.8, 4) is 22.8 Å². The second-order valence-electron chi connectivity index (χ2n) is 4.49. The molecule has 1 unspecified atom stereocenters. The summed E-state index contributed by atoms with van der Waals surface area (Å²) in [6, 6.07) is 7.50. The Hall–Kier alpha value is -2.01. The number of rotatable bonds is 3. The van der Waals surface area contributed by atoms with Gasteiger partial charge in [0.15, 0.2) is 17.3 Å². The van der Waals surface area contributed by atoms with Crippen LogP contribution in [0.4, 0.5) is 0 Å². The highest BCUT2D eigenvalue weighted by atomic mass is 16.6. The Labute approximate surface area is 111 Å². The summed E-state index contributed by atoms with van der Waals surface area (Å²) in [6.45, 7) is 3.17. The maximum absolute atomic E-state index is 5.92. The molecular weight excluding hydrogens is 244 g/mol. The van der Waals surface area contributed by atoms with Crippen molar-refractivity contribution >= 4 is 0 Å². The molecule has 0 fully saturated rings. The van der Waals surface area contributed by atoms with Crippen molar-refractivity contribution in [1.82, 2.24) is 5.16 Å². The SMILES string of the molecule is CCC(N)c1cc(-c2ccc3c(c2)OCCO3)no1. The van der Waals surface area contributed by atoms with E-state index in [1.54, 1.807) is 0 Å². The third-order valence-electron chi connectivity index (χ3n) is 3.17. The van der Waals surface area contributed by atoms with Crippen LogP contribution in [0.15, 0.2) is 28.8 Å². The zero-order valence-corrected chi connectivity index (χ0v) is 10.8. The average Bonchev–Trinajstić information content (AvgIpc) is 2.95. The molecule has 2 heterocycles. The van der Waals surface area contributed by atoms with Gasteiger partial charge in [-0.2, -0.15) is 0 Å². The lowest BCUT2D eigenvalue weighted by Crippen LogP contribution is -2.15. The molecule has 1 aromatic heterocycles. The first-order chi connectivity index (χ1) is 9.28. The molecule has 0 bridgehead atoms. The van der Waals surface area contributed by atoms with E-state index in [4.69, 9.17) is 19.7 Å². The van der Waals surface area contributed by atoms with Crippen molar-refractivity contribution in [3.63, 3.8) is 0 Å². The predicted octanol–water partition coefficient (Wildman–Crippen LogP) is 2.52. The maximum atomic E-state index is 5.92. The Morgan fingerprint density at radius 3 is 2.79 bits per heavy atom. The van der Waals surface area contributed by atoms with Crippen molar-refractivity contribution < 1.29 is 14.0 Å². The van der Waals surface area contributed by atoms with Crippen LogP contribution in [0.1, 0.15) is 25.1 Å². The van der Waals surface area contributed by atoms with Crippen LogP contribution in [0.25, 0.3) is 11.3 Å². The molecule has 19 heavy (non-hydrogen) atoms. The van der Waals surface area contributed by atoms with E-state index in [1.165, 1.54) is 0 Å². The summed E-state index contributed by atoms with van der Waals surface area (Å²) >= 11 is 0. The number of fused-ring (bicyclic) bond motifs is 1. The van der Waals surface area contributed by atoms with Gasteiger partial charge in [-0.05, 0) is 24.6 Å². The quantitative estimate of drug-likeness (QED) is 0.918. The van der Waals surface area contributed by atoms with Gasteiger partial charge in [0.2, 0.25) is 0 Å². The minimum atomic E-state index is -0.113. The highest BCUT2D eigenvalue weighted by molar-refractivity contribution is 5.64. The van der Waals surface area contributed by atoms with Crippen molar-refractivity contribution in [1.29, 1.82) is 0 Å². The third kappa shape index (κ3) is 2.29. The van der Waals surface area contributed by atoms with Crippen LogP contribution in [-0.4, -0.2) is 18.4 Å². The Kier molecular flexibility index (Phi) is 3.13. The number of ether oxygens (including phenoxy) is 2. The second kappa shape index (κ2) is 4.93. The molecule has 2 N–H and O–H groups in total. The average molecular weight is 260 g/mol. The van der Waals surface area contributed by atoms with Crippen molar-refractivity contribution in [3.05, 3.63) is 30.0 Å². The fourth-order valence-electron chi connectivity index (χ4n) is 2.00. The summed E-state index contributed by atoms with van der Waals surface area (Å²) in [7, 11) is 0. The van der Waals surface area contributed by atoms with Crippen LogP contribution in [0.5, 0.6) is 11.5 Å². The summed E-state index contributed by atoms with van der Waals surface area (Å²) in [5.74, 6) is 2.21. The molecule has 0 saturated heterocycles. The maximum Gasteiger partial charge on any atom is 0.162 e. The first-order valence-corrected chi connectivity index (χ1v) is 6.40. The molecule has 5 heteroatoms. The molecule has 5 nitrogen and oxygen atoms in total. The van der Waals surface area contributed by atoms with Gasteiger partial charge in [0, 0.05) is 11.6 Å². The van der Waals surface area contributed by atoms with E-state index in [9.17, 15) is 0 Å². The van der Waals surface area contributed by atoms with E-state index < -0.39 is 0 Å². The van der Waals surface area contributed by atoms with Gasteiger partial charge in [0.05, 0.1) is 6.04 Å². The third-order valence-corrected chi connectivity index (χ3v) is 3.17. The van der Waals surface area contributed by atoms with Gasteiger partial charge in [-0.25, -0.2) is 0 Å². The van der Waals surface area contributed by atoms with E-state index in [0.29, 0.717) is 19.0 Å². The topological polar surface area (TPSA) is 70.5 Å². The highest BCUT2D eigenvalue weighted by Gasteiger charge is 2.16. The molecule has 0 radical (unpaired) electrons. The number of hydrogen-bond acceptors (Lipinski definition) is 5. The lowest BCUT2D eigenvalue weighted by molar-refractivity contribution is 0.171. The lowest BCUT2D eigenvalue weighted by Gasteiger charge is -2.18. The molecular formula is C14H16N2O3. The van der Waals surface area contributed by atoms with Gasteiger partial charge < -0.3 is 19.7 Å². The number of benzene rings is 1. The van der Waals surface area contributed by atoms with Gasteiger partial charge in [-0.15, -0.1) is 0 Å². The van der Waals surface area contributed by atoms with Crippen LogP contribution in [0.2, 0.25) is 0 Å². The summed E-state index contributed by atoms with van der Waals surface area (Å²) in [4.78, 5) is 0. The molecule has 2 aromatic rings. The van der Waals surface area contributed by atoms with Gasteiger partial charge >= 0.3 is 0 Å². The van der Waals surface area contributed by atoms with E-state index >= 15 is 0 Å². The first-order valence-electron chi connectivity index (χ1n) is 6.40. The van der Waals surface area contributed by atoms with E-state index in [0.717, 1.165) is 29.2 Å². The summed E-state index contributed by atoms with van der Waals surface area (Å²) < 4.78 is 16.3. The number of aromatic nitrogens is 1. The zero-order chi connectivity index (χ0) is 13.2. The van der Waals surface area contributed by atoms with Crippen molar-refractivity contribution in [2.75, 3.05) is 13.2 Å². The Balaban J connectivity index is 1.91. The van der Waals surface area contributed by atoms with Crippen molar-refractivity contribution in [2.45, 2.75) is 19.4 Å². The van der Waals surface area contributed by atoms with Crippen LogP contribution in [0, 0.1) is 0 Å². The van der Waals surface area contributed by atoms with E-state index in [-0.39, 0.29) is 6.04 Å². The van der Waals surface area contributed by atoms with Gasteiger partial charge in [0.25, 0.3) is 0 Å². The highest BCUT2D eigenvalue weighted by Crippen LogP contribution is 2.34. The number of nitrogens with two attached hydrogens (primary N) is 1. The van der Waals surface area contributed by atoms with Crippen LogP contribution in [0.3, 0.4) is 0 Å². The predicted molar refractivity (Wildman–Crippen MR) is 70.1 cm³/mol. The fourth-order valence-corrected chi connectivity index (χ4v) is 2.00. The second-order valence-corrected chi connectivity index (χ2v) is 4.49. The monoisotopic (exact) mass is 260 g/mol. The van der Waals surface area contributed by atoms with Crippen LogP contribution < -0.4 is 15.2 Å². The van der Waals surface area contributed by atoms with Crippen LogP contribution in [-0.2, 0) is 0 Å². The molecule has 100 valence electrons.